The summed E-state index contributed by atoms with van der Waals surface area (Å²) < 4.78 is 0. The Labute approximate surface area is 210 Å². The lowest BCUT2D eigenvalue weighted by molar-refractivity contribution is 0.0997. The van der Waals surface area contributed by atoms with Gasteiger partial charge < -0.3 is 21.3 Å². The van der Waals surface area contributed by atoms with Crippen molar-refractivity contribution < 1.29 is 9.59 Å². The summed E-state index contributed by atoms with van der Waals surface area (Å²) in [5.41, 5.74) is 7.76. The predicted octanol–water partition coefficient (Wildman–Crippen LogP) is 3.60. The van der Waals surface area contributed by atoms with Gasteiger partial charge in [0.2, 0.25) is 0 Å². The van der Waals surface area contributed by atoms with E-state index in [0.29, 0.717) is 15.7 Å². The molecule has 9 nitrogen and oxygen atoms in total. The van der Waals surface area contributed by atoms with Crippen LogP contribution in [0.1, 0.15) is 25.7 Å². The highest BCUT2D eigenvalue weighted by molar-refractivity contribution is 7.20. The number of hydrogen-bond acceptors (Lipinski definition) is 9. The van der Waals surface area contributed by atoms with Gasteiger partial charge in [-0.05, 0) is 37.4 Å². The molecule has 4 heterocycles. The maximum absolute atomic E-state index is 13.0. The van der Waals surface area contributed by atoms with E-state index >= 15 is 0 Å². The van der Waals surface area contributed by atoms with Crippen molar-refractivity contribution in [2.45, 2.75) is 6.54 Å². The maximum Gasteiger partial charge on any atom is 0.270 e. The van der Waals surface area contributed by atoms with E-state index in [9.17, 15) is 9.59 Å². The van der Waals surface area contributed by atoms with Gasteiger partial charge in [0.1, 0.15) is 5.00 Å². The number of amides is 2. The Morgan fingerprint density at radius 2 is 1.97 bits per heavy atom. The van der Waals surface area contributed by atoms with Crippen LogP contribution in [0.5, 0.6) is 0 Å². The van der Waals surface area contributed by atoms with Gasteiger partial charge in [-0.1, -0.05) is 17.4 Å². The summed E-state index contributed by atoms with van der Waals surface area (Å²) in [6, 6.07) is 11.4. The average molecular weight is 508 g/mol. The Kier molecular flexibility index (Phi) is 6.73. The third kappa shape index (κ3) is 5.33. The third-order valence-electron chi connectivity index (χ3n) is 5.87. The normalized spacial score (nSPS) is 14.8. The van der Waals surface area contributed by atoms with E-state index in [-0.39, 0.29) is 11.6 Å². The van der Waals surface area contributed by atoms with Gasteiger partial charge >= 0.3 is 0 Å². The number of nitrogens with one attached hydrogen (secondary N) is 2. The molecule has 0 aliphatic carbocycles. The smallest absolute Gasteiger partial charge is 0.270 e. The van der Waals surface area contributed by atoms with E-state index in [0.717, 1.165) is 65.5 Å². The van der Waals surface area contributed by atoms with Crippen LogP contribution in [0, 0.1) is 0 Å². The number of hydrogen-bond donors (Lipinski definition) is 3. The fourth-order valence-corrected chi connectivity index (χ4v) is 5.72. The molecule has 0 saturated carbocycles. The van der Waals surface area contributed by atoms with Crippen molar-refractivity contribution in [1.82, 2.24) is 19.8 Å². The number of pyridine rings is 1. The molecule has 2 amide bonds. The molecule has 1 fully saturated rings. The topological polar surface area (TPSA) is 116 Å². The Morgan fingerprint density at radius 1 is 1.14 bits per heavy atom. The van der Waals surface area contributed by atoms with Crippen LogP contribution in [0.2, 0.25) is 0 Å². The second-order valence-electron chi connectivity index (χ2n) is 8.40. The van der Waals surface area contributed by atoms with Gasteiger partial charge in [-0.3, -0.25) is 19.5 Å². The van der Waals surface area contributed by atoms with Crippen LogP contribution in [-0.2, 0) is 6.54 Å². The first-order valence-electron chi connectivity index (χ1n) is 11.2. The van der Waals surface area contributed by atoms with Crippen molar-refractivity contribution in [3.05, 3.63) is 64.1 Å². The minimum absolute atomic E-state index is 0.0251. The molecule has 0 unspecified atom stereocenters. The third-order valence-corrected chi connectivity index (χ3v) is 7.67. The van der Waals surface area contributed by atoms with Crippen molar-refractivity contribution in [2.24, 2.45) is 5.73 Å². The Hall–Kier alpha value is -3.38. The highest BCUT2D eigenvalue weighted by Crippen LogP contribution is 2.33. The molecule has 3 aromatic heterocycles. The number of carbonyl (C=O) groups is 2. The van der Waals surface area contributed by atoms with Crippen LogP contribution in [0.15, 0.2) is 48.0 Å². The number of rotatable bonds is 7. The molecule has 1 aliphatic heterocycles. The summed E-state index contributed by atoms with van der Waals surface area (Å²) in [4.78, 5) is 39.5. The van der Waals surface area contributed by atoms with Crippen LogP contribution >= 0.6 is 22.7 Å². The summed E-state index contributed by atoms with van der Waals surface area (Å²) in [7, 11) is 2.13. The van der Waals surface area contributed by atoms with E-state index in [1.54, 1.807) is 17.5 Å². The van der Waals surface area contributed by atoms with Crippen molar-refractivity contribution in [3.63, 3.8) is 0 Å². The molecule has 0 bridgehead atoms. The number of nitrogens with zero attached hydrogens (tertiary/aromatic N) is 4. The van der Waals surface area contributed by atoms with Crippen molar-refractivity contribution in [3.8, 4) is 0 Å². The monoisotopic (exact) mass is 507 g/mol. The molecule has 35 heavy (non-hydrogen) atoms. The number of benzene rings is 1. The molecular weight excluding hydrogens is 482 g/mol. The van der Waals surface area contributed by atoms with Crippen LogP contribution in [0.4, 0.5) is 15.8 Å². The molecule has 1 saturated heterocycles. The first kappa shape index (κ1) is 23.4. The van der Waals surface area contributed by atoms with E-state index < -0.39 is 5.91 Å². The zero-order valence-corrected chi connectivity index (χ0v) is 20.8. The largest absolute Gasteiger partial charge is 0.364 e. The molecule has 0 atom stereocenters. The SMILES string of the molecule is CN1CCN(Cc2cc(C(=O)Nc3sc(Nc4cccc5ncccc45)nc3C(N)=O)cs2)CC1. The molecule has 0 spiro atoms. The van der Waals surface area contributed by atoms with Gasteiger partial charge in [0, 0.05) is 60.3 Å². The molecule has 1 aliphatic rings. The summed E-state index contributed by atoms with van der Waals surface area (Å²) >= 11 is 2.73. The number of likely N-dealkylation sites (N-methyl/N-ethyl adjacent to an activating group) is 1. The molecule has 180 valence electrons. The second kappa shape index (κ2) is 10.1. The van der Waals surface area contributed by atoms with Crippen LogP contribution in [-0.4, -0.2) is 64.8 Å². The van der Waals surface area contributed by atoms with Crippen LogP contribution in [0.3, 0.4) is 0 Å². The lowest BCUT2D eigenvalue weighted by atomic mass is 10.2. The lowest BCUT2D eigenvalue weighted by Crippen LogP contribution is -2.43. The van der Waals surface area contributed by atoms with Crippen molar-refractivity contribution in [2.75, 3.05) is 43.9 Å². The van der Waals surface area contributed by atoms with E-state index in [1.807, 2.05) is 41.8 Å². The van der Waals surface area contributed by atoms with E-state index in [4.69, 9.17) is 5.73 Å². The summed E-state index contributed by atoms with van der Waals surface area (Å²) in [5.74, 6) is -0.997. The number of carbonyl (C=O) groups excluding carboxylic acids is 2. The van der Waals surface area contributed by atoms with Crippen molar-refractivity contribution in [1.29, 1.82) is 0 Å². The minimum Gasteiger partial charge on any atom is -0.364 e. The Bertz CT molecular complexity index is 1370. The van der Waals surface area contributed by atoms with Crippen LogP contribution < -0.4 is 16.4 Å². The zero-order valence-electron chi connectivity index (χ0n) is 19.2. The lowest BCUT2D eigenvalue weighted by Gasteiger charge is -2.31. The number of aromatic nitrogens is 2. The number of piperazine rings is 1. The first-order valence-corrected chi connectivity index (χ1v) is 12.9. The second-order valence-corrected chi connectivity index (χ2v) is 10.4. The average Bonchev–Trinajstić information content (AvgIpc) is 3.48. The predicted molar refractivity (Wildman–Crippen MR) is 141 cm³/mol. The number of thiophene rings is 1. The first-order chi connectivity index (χ1) is 17.0. The van der Waals surface area contributed by atoms with Gasteiger partial charge in [-0.15, -0.1) is 11.3 Å². The number of fused-ring (bicyclic) bond motifs is 1. The zero-order chi connectivity index (χ0) is 24.4. The van der Waals surface area contributed by atoms with E-state index in [1.165, 1.54) is 0 Å². The maximum atomic E-state index is 13.0. The minimum atomic E-state index is -0.703. The fourth-order valence-electron chi connectivity index (χ4n) is 3.94. The number of nitrogens with two attached hydrogens (primary N) is 1. The number of primary amides is 1. The summed E-state index contributed by atoms with van der Waals surface area (Å²) in [6.45, 7) is 4.95. The summed E-state index contributed by atoms with van der Waals surface area (Å²) in [6.07, 6.45) is 1.73. The van der Waals surface area contributed by atoms with Gasteiger partial charge in [-0.25, -0.2) is 4.98 Å². The molecule has 11 heteroatoms. The quantitative estimate of drug-likeness (QED) is 0.350. The number of thiazole rings is 1. The molecule has 4 aromatic rings. The molecule has 1 aromatic carbocycles. The highest BCUT2D eigenvalue weighted by atomic mass is 32.1. The van der Waals surface area contributed by atoms with Gasteiger partial charge in [0.25, 0.3) is 11.8 Å². The van der Waals surface area contributed by atoms with E-state index in [2.05, 4.69) is 37.4 Å². The fraction of sp³-hybridized carbons (Fsp3) is 0.250. The molecule has 0 radical (unpaired) electrons. The standard InChI is InChI=1S/C24H25N7O2S2/c1-30-8-10-31(11-9-30)13-16-12-15(14-34-16)22(33)29-23-20(21(25)32)28-24(35-23)27-19-6-2-5-18-17(19)4-3-7-26-18/h2-7,12,14H,8-11,13H2,1H3,(H2,25,32)(H,27,28)(H,29,33). The van der Waals surface area contributed by atoms with Gasteiger partial charge in [-0.2, -0.15) is 0 Å². The van der Waals surface area contributed by atoms with Gasteiger partial charge in [0.05, 0.1) is 11.1 Å². The summed E-state index contributed by atoms with van der Waals surface area (Å²) in [5, 5.41) is 9.58. The molecule has 5 rings (SSSR count). The van der Waals surface area contributed by atoms with Crippen LogP contribution in [0.25, 0.3) is 10.9 Å². The molecule has 4 N–H and O–H groups in total. The molecular formula is C24H25N7O2S2. The van der Waals surface area contributed by atoms with Crippen molar-refractivity contribution >= 4 is 61.2 Å². The Morgan fingerprint density at radius 3 is 2.77 bits per heavy atom. The number of anilines is 3. The highest BCUT2D eigenvalue weighted by Gasteiger charge is 2.21. The van der Waals surface area contributed by atoms with Gasteiger partial charge in [0.15, 0.2) is 10.8 Å². The Balaban J connectivity index is 1.31.